The predicted octanol–water partition coefficient (Wildman–Crippen LogP) is 3.81. The Morgan fingerprint density at radius 2 is 2.09 bits per heavy atom. The van der Waals surface area contributed by atoms with Crippen LogP contribution < -0.4 is 5.32 Å². The molecule has 2 heterocycles. The van der Waals surface area contributed by atoms with Gasteiger partial charge in [-0.15, -0.1) is 11.3 Å². The van der Waals surface area contributed by atoms with E-state index in [1.165, 1.54) is 4.70 Å². The van der Waals surface area contributed by atoms with Gasteiger partial charge in [-0.25, -0.2) is 4.98 Å². The second kappa shape index (κ2) is 6.87. The van der Waals surface area contributed by atoms with E-state index in [0.717, 1.165) is 21.8 Å². The average molecular weight is 325 g/mol. The predicted molar refractivity (Wildman–Crippen MR) is 93.5 cm³/mol. The van der Waals surface area contributed by atoms with Gasteiger partial charge in [0.2, 0.25) is 5.91 Å². The van der Waals surface area contributed by atoms with Gasteiger partial charge in [0, 0.05) is 19.0 Å². The lowest BCUT2D eigenvalue weighted by Gasteiger charge is -2.15. The van der Waals surface area contributed by atoms with Crippen molar-refractivity contribution in [2.75, 3.05) is 0 Å². The van der Waals surface area contributed by atoms with Gasteiger partial charge in [0.05, 0.1) is 27.0 Å². The number of nitrogens with zero attached hydrogens (tertiary/aromatic N) is 2. The molecule has 1 atom stereocenters. The summed E-state index contributed by atoms with van der Waals surface area (Å²) in [5, 5.41) is 4.02. The van der Waals surface area contributed by atoms with Crippen LogP contribution in [0.4, 0.5) is 0 Å². The summed E-state index contributed by atoms with van der Waals surface area (Å²) >= 11 is 1.65. The number of hydrogen-bond donors (Lipinski definition) is 1. The van der Waals surface area contributed by atoms with Crippen molar-refractivity contribution in [1.29, 1.82) is 0 Å². The van der Waals surface area contributed by atoms with E-state index in [2.05, 4.69) is 21.4 Å². The Hall–Kier alpha value is -2.27. The Morgan fingerprint density at radius 3 is 2.87 bits per heavy atom. The number of aryl methyl sites for hydroxylation is 2. The van der Waals surface area contributed by atoms with E-state index in [9.17, 15) is 4.79 Å². The molecule has 0 aliphatic rings. The molecule has 0 radical (unpaired) electrons. The summed E-state index contributed by atoms with van der Waals surface area (Å²) in [5.41, 5.74) is 3.01. The molecule has 0 bridgehead atoms. The van der Waals surface area contributed by atoms with Gasteiger partial charge in [0.15, 0.2) is 0 Å². The minimum atomic E-state index is -0.0842. The maximum absolute atomic E-state index is 12.2. The van der Waals surface area contributed by atoms with Crippen LogP contribution in [-0.2, 0) is 11.2 Å². The number of para-hydroxylation sites is 1. The summed E-state index contributed by atoms with van der Waals surface area (Å²) in [6.45, 7) is 3.97. The Kier molecular flexibility index (Phi) is 4.67. The molecule has 1 amide bonds. The fraction of sp³-hybridized carbons (Fsp3) is 0.278. The molecule has 0 saturated carbocycles. The van der Waals surface area contributed by atoms with Crippen molar-refractivity contribution in [1.82, 2.24) is 15.3 Å². The molecular weight excluding hydrogens is 306 g/mol. The molecular formula is C18H19N3OS. The molecule has 118 valence electrons. The zero-order chi connectivity index (χ0) is 16.2. The number of carbonyl (C=O) groups excluding carboxylic acids is 1. The van der Waals surface area contributed by atoms with Crippen LogP contribution in [0.5, 0.6) is 0 Å². The first-order chi connectivity index (χ1) is 11.1. The SMILES string of the molecule is Cc1cccnc1[C@H](C)NC(=O)CCc1nc2ccccc2s1. The summed E-state index contributed by atoms with van der Waals surface area (Å²) in [6.07, 6.45) is 2.86. The minimum Gasteiger partial charge on any atom is -0.348 e. The first kappa shape index (κ1) is 15.6. The van der Waals surface area contributed by atoms with E-state index in [-0.39, 0.29) is 11.9 Å². The number of thiazole rings is 1. The minimum absolute atomic E-state index is 0.0295. The molecule has 23 heavy (non-hydrogen) atoms. The van der Waals surface area contributed by atoms with E-state index in [1.54, 1.807) is 17.5 Å². The second-order valence-corrected chi connectivity index (χ2v) is 6.69. The number of hydrogen-bond acceptors (Lipinski definition) is 4. The lowest BCUT2D eigenvalue weighted by molar-refractivity contribution is -0.121. The molecule has 1 N–H and O–H groups in total. The van der Waals surface area contributed by atoms with Crippen molar-refractivity contribution < 1.29 is 4.79 Å². The van der Waals surface area contributed by atoms with E-state index in [1.807, 2.05) is 44.2 Å². The van der Waals surface area contributed by atoms with E-state index < -0.39 is 0 Å². The molecule has 3 rings (SSSR count). The van der Waals surface area contributed by atoms with Crippen LogP contribution in [0.1, 0.15) is 35.7 Å². The zero-order valence-electron chi connectivity index (χ0n) is 13.2. The van der Waals surface area contributed by atoms with Gasteiger partial charge in [0.1, 0.15) is 0 Å². The summed E-state index contributed by atoms with van der Waals surface area (Å²) < 4.78 is 1.17. The van der Waals surface area contributed by atoms with Crippen LogP contribution in [0.15, 0.2) is 42.6 Å². The van der Waals surface area contributed by atoms with Gasteiger partial charge in [-0.1, -0.05) is 18.2 Å². The van der Waals surface area contributed by atoms with E-state index in [4.69, 9.17) is 0 Å². The smallest absolute Gasteiger partial charge is 0.220 e. The lowest BCUT2D eigenvalue weighted by atomic mass is 10.1. The van der Waals surface area contributed by atoms with E-state index in [0.29, 0.717) is 12.8 Å². The normalized spacial score (nSPS) is 12.3. The highest BCUT2D eigenvalue weighted by Gasteiger charge is 2.13. The summed E-state index contributed by atoms with van der Waals surface area (Å²) in [4.78, 5) is 21.1. The zero-order valence-corrected chi connectivity index (χ0v) is 14.1. The van der Waals surface area contributed by atoms with Crippen LogP contribution in [0, 0.1) is 6.92 Å². The molecule has 0 spiro atoms. The standard InChI is InChI=1S/C18H19N3OS/c1-12-6-5-11-19-18(12)13(2)20-16(22)9-10-17-21-14-7-3-4-8-15(14)23-17/h3-8,11,13H,9-10H2,1-2H3,(H,20,22)/t13-/m0/s1. The average Bonchev–Trinajstić information content (AvgIpc) is 2.96. The molecule has 0 aliphatic carbocycles. The Bertz CT molecular complexity index is 795. The number of nitrogens with one attached hydrogen (secondary N) is 1. The number of pyridine rings is 1. The van der Waals surface area contributed by atoms with Crippen LogP contribution >= 0.6 is 11.3 Å². The Labute approximate surface area is 139 Å². The van der Waals surface area contributed by atoms with E-state index >= 15 is 0 Å². The highest BCUT2D eigenvalue weighted by molar-refractivity contribution is 7.18. The molecule has 0 unspecified atom stereocenters. The highest BCUT2D eigenvalue weighted by Crippen LogP contribution is 2.22. The Balaban J connectivity index is 1.58. The number of benzene rings is 1. The third-order valence-electron chi connectivity index (χ3n) is 3.74. The third kappa shape index (κ3) is 3.74. The van der Waals surface area contributed by atoms with Crippen molar-refractivity contribution in [2.24, 2.45) is 0 Å². The van der Waals surface area contributed by atoms with Crippen LogP contribution in [-0.4, -0.2) is 15.9 Å². The van der Waals surface area contributed by atoms with Crippen molar-refractivity contribution in [2.45, 2.75) is 32.7 Å². The fourth-order valence-electron chi connectivity index (χ4n) is 2.58. The van der Waals surface area contributed by atoms with Gasteiger partial charge in [-0.2, -0.15) is 0 Å². The second-order valence-electron chi connectivity index (χ2n) is 5.57. The van der Waals surface area contributed by atoms with Crippen LogP contribution in [0.2, 0.25) is 0 Å². The first-order valence-corrected chi connectivity index (χ1v) is 8.50. The Morgan fingerprint density at radius 1 is 1.26 bits per heavy atom. The van der Waals surface area contributed by atoms with Crippen LogP contribution in [0.3, 0.4) is 0 Å². The molecule has 1 aromatic carbocycles. The molecule has 3 aromatic rings. The molecule has 0 saturated heterocycles. The molecule has 0 aliphatic heterocycles. The largest absolute Gasteiger partial charge is 0.348 e. The summed E-state index contributed by atoms with van der Waals surface area (Å²) in [7, 11) is 0. The topological polar surface area (TPSA) is 54.9 Å². The van der Waals surface area contributed by atoms with Gasteiger partial charge in [-0.3, -0.25) is 9.78 Å². The molecule has 4 nitrogen and oxygen atoms in total. The molecule has 0 fully saturated rings. The van der Waals surface area contributed by atoms with Gasteiger partial charge < -0.3 is 5.32 Å². The number of carbonyl (C=O) groups is 1. The molecule has 5 heteroatoms. The molecule has 2 aromatic heterocycles. The third-order valence-corrected chi connectivity index (χ3v) is 4.84. The fourth-order valence-corrected chi connectivity index (χ4v) is 3.55. The van der Waals surface area contributed by atoms with Crippen LogP contribution in [0.25, 0.3) is 10.2 Å². The van der Waals surface area contributed by atoms with Gasteiger partial charge in [-0.05, 0) is 37.6 Å². The monoisotopic (exact) mass is 325 g/mol. The number of rotatable bonds is 5. The number of fused-ring (bicyclic) bond motifs is 1. The quantitative estimate of drug-likeness (QED) is 0.776. The van der Waals surface area contributed by atoms with Crippen molar-refractivity contribution in [3.63, 3.8) is 0 Å². The number of aromatic nitrogens is 2. The highest BCUT2D eigenvalue weighted by atomic mass is 32.1. The van der Waals surface area contributed by atoms with Gasteiger partial charge in [0.25, 0.3) is 0 Å². The maximum Gasteiger partial charge on any atom is 0.220 e. The number of amides is 1. The van der Waals surface area contributed by atoms with Gasteiger partial charge >= 0.3 is 0 Å². The lowest BCUT2D eigenvalue weighted by Crippen LogP contribution is -2.27. The summed E-state index contributed by atoms with van der Waals surface area (Å²) in [5.74, 6) is 0.0295. The summed E-state index contributed by atoms with van der Waals surface area (Å²) in [6, 6.07) is 11.9. The maximum atomic E-state index is 12.2. The first-order valence-electron chi connectivity index (χ1n) is 7.69. The van der Waals surface area contributed by atoms with Crippen molar-refractivity contribution >= 4 is 27.5 Å². The van der Waals surface area contributed by atoms with Crippen molar-refractivity contribution in [3.05, 3.63) is 58.9 Å². The van der Waals surface area contributed by atoms with Crippen molar-refractivity contribution in [3.8, 4) is 0 Å².